The second-order valence-corrected chi connectivity index (χ2v) is 9.52. The van der Waals surface area contributed by atoms with Crippen LogP contribution in [0.4, 0.5) is 4.79 Å². The highest BCUT2D eigenvalue weighted by Crippen LogP contribution is 2.42. The molecule has 0 aliphatic carbocycles. The molecule has 1 spiro atoms. The van der Waals surface area contributed by atoms with Crippen LogP contribution >= 0.6 is 35.0 Å². The highest BCUT2D eigenvalue weighted by molar-refractivity contribution is 7.99. The monoisotopic (exact) mass is 505 g/mol. The van der Waals surface area contributed by atoms with Crippen LogP contribution in [0.15, 0.2) is 52.3 Å². The third kappa shape index (κ3) is 4.83. The van der Waals surface area contributed by atoms with Gasteiger partial charge in [-0.2, -0.15) is 0 Å². The number of halogens is 2. The summed E-state index contributed by atoms with van der Waals surface area (Å²) in [6, 6.07) is 10.8. The van der Waals surface area contributed by atoms with E-state index in [9.17, 15) is 14.4 Å². The van der Waals surface area contributed by atoms with Gasteiger partial charge in [-0.15, -0.1) is 0 Å². The van der Waals surface area contributed by atoms with Crippen molar-refractivity contribution in [3.8, 4) is 5.75 Å². The fourth-order valence-corrected chi connectivity index (χ4v) is 5.37. The highest BCUT2D eigenvalue weighted by Gasteiger charge is 2.48. The zero-order chi connectivity index (χ0) is 23.6. The summed E-state index contributed by atoms with van der Waals surface area (Å²) in [6.45, 7) is 0.722. The smallest absolute Gasteiger partial charge is 0.322 e. The molecule has 4 amide bonds. The Labute approximate surface area is 205 Å². The van der Waals surface area contributed by atoms with Crippen LogP contribution in [0.25, 0.3) is 6.08 Å². The van der Waals surface area contributed by atoms with Crippen LogP contribution in [0.1, 0.15) is 18.4 Å². The molecule has 33 heavy (non-hydrogen) atoms. The number of para-hydroxylation sites is 1. The van der Waals surface area contributed by atoms with Crippen molar-refractivity contribution in [3.63, 3.8) is 0 Å². The van der Waals surface area contributed by atoms with Crippen molar-refractivity contribution >= 4 is 58.9 Å². The molecule has 0 bridgehead atoms. The number of rotatable bonds is 5. The first-order valence-corrected chi connectivity index (χ1v) is 11.8. The topological polar surface area (TPSA) is 87.7 Å². The summed E-state index contributed by atoms with van der Waals surface area (Å²) >= 11 is 14.4. The Morgan fingerprint density at radius 2 is 1.82 bits per heavy atom. The van der Waals surface area contributed by atoms with E-state index in [0.29, 0.717) is 41.5 Å². The fraction of sp³-hybridized carbons (Fsp3) is 0.261. The van der Waals surface area contributed by atoms with Gasteiger partial charge >= 0.3 is 6.03 Å². The third-order valence-corrected chi connectivity index (χ3v) is 7.84. The van der Waals surface area contributed by atoms with Crippen LogP contribution in [0, 0.1) is 0 Å². The lowest BCUT2D eigenvalue weighted by atomic mass is 9.87. The van der Waals surface area contributed by atoms with E-state index in [1.54, 1.807) is 24.2 Å². The number of hydrogen-bond donors (Lipinski definition) is 2. The van der Waals surface area contributed by atoms with Gasteiger partial charge in [0, 0.05) is 24.1 Å². The van der Waals surface area contributed by atoms with Gasteiger partial charge in [-0.25, -0.2) is 4.79 Å². The average molecular weight is 506 g/mol. The van der Waals surface area contributed by atoms with E-state index in [1.807, 2.05) is 30.3 Å². The SMILES string of the molecule is COc1ccccc1Sc1ccc(C=CC(=O)N2CCC3(CC2)NC(=O)NC3=O)c(Cl)c1Cl. The molecular weight excluding hydrogens is 485 g/mol. The number of carbonyl (C=O) groups is 3. The molecule has 2 aromatic carbocycles. The van der Waals surface area contributed by atoms with E-state index in [-0.39, 0.29) is 11.8 Å². The number of hydrogen-bond acceptors (Lipinski definition) is 5. The Morgan fingerprint density at radius 3 is 2.48 bits per heavy atom. The molecule has 2 heterocycles. The zero-order valence-electron chi connectivity index (χ0n) is 17.7. The van der Waals surface area contributed by atoms with Gasteiger partial charge in [-0.1, -0.05) is 53.2 Å². The summed E-state index contributed by atoms with van der Waals surface area (Å²) in [5.74, 6) is 0.208. The predicted molar refractivity (Wildman–Crippen MR) is 128 cm³/mol. The molecular formula is C23H21Cl2N3O4S. The van der Waals surface area contributed by atoms with Crippen molar-refractivity contribution in [2.24, 2.45) is 0 Å². The number of nitrogens with zero attached hydrogens (tertiary/aromatic N) is 1. The number of likely N-dealkylation sites (tertiary alicyclic amines) is 1. The molecule has 10 heteroatoms. The number of urea groups is 1. The molecule has 0 radical (unpaired) electrons. The van der Waals surface area contributed by atoms with Gasteiger partial charge in [0.25, 0.3) is 5.91 Å². The quantitative estimate of drug-likeness (QED) is 0.465. The van der Waals surface area contributed by atoms with E-state index in [0.717, 1.165) is 15.5 Å². The normalized spacial score (nSPS) is 17.4. The molecule has 2 fully saturated rings. The van der Waals surface area contributed by atoms with Gasteiger partial charge in [0.05, 0.1) is 22.1 Å². The van der Waals surface area contributed by atoms with Crippen LogP contribution in [-0.4, -0.2) is 48.5 Å². The maximum Gasteiger partial charge on any atom is 0.322 e. The lowest BCUT2D eigenvalue weighted by molar-refractivity contribution is -0.132. The zero-order valence-corrected chi connectivity index (χ0v) is 20.0. The van der Waals surface area contributed by atoms with Crippen LogP contribution in [0.3, 0.4) is 0 Å². The average Bonchev–Trinajstić information content (AvgIpc) is 3.09. The van der Waals surface area contributed by atoms with E-state index < -0.39 is 11.6 Å². The molecule has 2 aliphatic heterocycles. The van der Waals surface area contributed by atoms with Crippen LogP contribution in [0.2, 0.25) is 10.0 Å². The maximum absolute atomic E-state index is 12.7. The third-order valence-electron chi connectivity index (χ3n) is 5.71. The Kier molecular flexibility index (Phi) is 6.88. The number of methoxy groups -OCH3 is 1. The number of piperidine rings is 1. The number of amides is 4. The molecule has 4 rings (SSSR count). The molecule has 0 aromatic heterocycles. The summed E-state index contributed by atoms with van der Waals surface area (Å²) in [7, 11) is 1.61. The van der Waals surface area contributed by atoms with Gasteiger partial charge in [0.2, 0.25) is 5.91 Å². The second kappa shape index (κ2) is 9.67. The van der Waals surface area contributed by atoms with E-state index >= 15 is 0 Å². The molecule has 0 atom stereocenters. The summed E-state index contributed by atoms with van der Waals surface area (Å²) in [5, 5.41) is 5.69. The number of imide groups is 1. The summed E-state index contributed by atoms with van der Waals surface area (Å²) in [6.07, 6.45) is 3.80. The van der Waals surface area contributed by atoms with Gasteiger partial charge in [0.1, 0.15) is 11.3 Å². The number of nitrogens with one attached hydrogen (secondary N) is 2. The fourth-order valence-electron chi connectivity index (χ4n) is 3.83. The molecule has 172 valence electrons. The number of carbonyl (C=O) groups excluding carboxylic acids is 3. The maximum atomic E-state index is 12.7. The van der Waals surface area contributed by atoms with Gasteiger partial charge < -0.3 is 15.0 Å². The van der Waals surface area contributed by atoms with Crippen molar-refractivity contribution in [1.82, 2.24) is 15.5 Å². The highest BCUT2D eigenvalue weighted by atomic mass is 35.5. The minimum Gasteiger partial charge on any atom is -0.496 e. The molecule has 2 N–H and O–H groups in total. The van der Waals surface area contributed by atoms with E-state index in [1.165, 1.54) is 17.8 Å². The van der Waals surface area contributed by atoms with Crippen molar-refractivity contribution < 1.29 is 19.1 Å². The Bertz CT molecular complexity index is 1150. The first-order valence-electron chi connectivity index (χ1n) is 10.2. The largest absolute Gasteiger partial charge is 0.496 e. The first kappa shape index (κ1) is 23.5. The van der Waals surface area contributed by atoms with E-state index in [2.05, 4.69) is 10.6 Å². The van der Waals surface area contributed by atoms with E-state index in [4.69, 9.17) is 27.9 Å². The van der Waals surface area contributed by atoms with Crippen molar-refractivity contribution in [2.45, 2.75) is 28.2 Å². The number of ether oxygens (including phenoxy) is 1. The Morgan fingerprint density at radius 1 is 1.09 bits per heavy atom. The molecule has 2 aliphatic rings. The summed E-state index contributed by atoms with van der Waals surface area (Å²) in [5.41, 5.74) is -0.293. The lowest BCUT2D eigenvalue weighted by Gasteiger charge is -2.36. The van der Waals surface area contributed by atoms with Gasteiger partial charge in [-0.05, 0) is 42.7 Å². The van der Waals surface area contributed by atoms with Gasteiger partial charge in [-0.3, -0.25) is 14.9 Å². The Hall–Kier alpha value is -2.68. The van der Waals surface area contributed by atoms with Crippen LogP contribution in [0.5, 0.6) is 5.75 Å². The van der Waals surface area contributed by atoms with Crippen molar-refractivity contribution in [3.05, 3.63) is 58.1 Å². The minimum atomic E-state index is -0.913. The molecule has 2 saturated heterocycles. The van der Waals surface area contributed by atoms with Crippen molar-refractivity contribution in [1.29, 1.82) is 0 Å². The van der Waals surface area contributed by atoms with Crippen molar-refractivity contribution in [2.75, 3.05) is 20.2 Å². The molecule has 0 unspecified atom stereocenters. The minimum absolute atomic E-state index is 0.200. The lowest BCUT2D eigenvalue weighted by Crippen LogP contribution is -2.55. The first-order chi connectivity index (χ1) is 15.8. The summed E-state index contributed by atoms with van der Waals surface area (Å²) in [4.78, 5) is 39.5. The Balaban J connectivity index is 1.42. The second-order valence-electron chi connectivity index (χ2n) is 7.68. The summed E-state index contributed by atoms with van der Waals surface area (Å²) < 4.78 is 5.38. The number of benzene rings is 2. The molecule has 0 saturated carbocycles. The van der Waals surface area contributed by atoms with Gasteiger partial charge in [0.15, 0.2) is 0 Å². The van der Waals surface area contributed by atoms with Crippen LogP contribution in [-0.2, 0) is 9.59 Å². The molecule has 7 nitrogen and oxygen atoms in total. The standard InChI is InChI=1S/C23H21Cl2N3O4S/c1-32-15-4-2-3-5-16(15)33-17-8-6-14(19(24)20(17)25)7-9-18(29)28-12-10-23(11-13-28)21(30)26-22(31)27-23/h2-9H,10-13H2,1H3,(H2,26,27,30,31). The molecule has 2 aromatic rings. The predicted octanol–water partition coefficient (Wildman–Crippen LogP) is 4.37. The van der Waals surface area contributed by atoms with Crippen LogP contribution < -0.4 is 15.4 Å².